The normalized spacial score (nSPS) is 10.8. The highest BCUT2D eigenvalue weighted by Gasteiger charge is 2.15. The number of phenolic OH excluding ortho intramolecular Hbond substituents is 1. The predicted octanol–water partition coefficient (Wildman–Crippen LogP) is 4.65. The molecule has 0 unspecified atom stereocenters. The molecule has 0 aliphatic heterocycles. The number of ether oxygens (including phenoxy) is 1. The number of imidazole rings is 1. The van der Waals surface area contributed by atoms with E-state index in [4.69, 9.17) is 4.74 Å². The van der Waals surface area contributed by atoms with Crippen molar-refractivity contribution < 1.29 is 14.6 Å². The summed E-state index contributed by atoms with van der Waals surface area (Å²) in [6, 6.07) is 19.4. The minimum absolute atomic E-state index is 0.0776. The number of methoxy groups -OCH3 is 1. The van der Waals surface area contributed by atoms with Gasteiger partial charge in [-0.15, -0.1) is 0 Å². The Balaban J connectivity index is 1.50. The summed E-state index contributed by atoms with van der Waals surface area (Å²) >= 11 is 0. The van der Waals surface area contributed by atoms with Crippen molar-refractivity contribution in [2.75, 3.05) is 12.4 Å². The van der Waals surface area contributed by atoms with E-state index in [1.165, 1.54) is 0 Å². The fourth-order valence-electron chi connectivity index (χ4n) is 3.57. The molecule has 0 spiro atoms. The molecule has 3 N–H and O–H groups in total. The number of hydrogen-bond donors (Lipinski definition) is 3. The van der Waals surface area contributed by atoms with Crippen LogP contribution >= 0.6 is 0 Å². The van der Waals surface area contributed by atoms with E-state index in [9.17, 15) is 9.90 Å². The first-order chi connectivity index (χ1) is 16.1. The number of amides is 1. The summed E-state index contributed by atoms with van der Waals surface area (Å²) in [5.74, 6) is 1.24. The SMILES string of the molecule is COc1ncccc1-c1ccc(O)c(-c2nc3ccc(C(=O)Nc4ccccn4)cc3[nH]2)c1. The van der Waals surface area contributed by atoms with Gasteiger partial charge in [0.05, 0.1) is 23.7 Å². The minimum Gasteiger partial charge on any atom is -0.507 e. The lowest BCUT2D eigenvalue weighted by molar-refractivity contribution is 0.102. The smallest absolute Gasteiger partial charge is 0.256 e. The number of fused-ring (bicyclic) bond motifs is 1. The molecule has 3 heterocycles. The number of aromatic nitrogens is 4. The van der Waals surface area contributed by atoms with Crippen LogP contribution in [0.2, 0.25) is 0 Å². The number of aromatic amines is 1. The van der Waals surface area contributed by atoms with Crippen LogP contribution in [0.3, 0.4) is 0 Å². The third kappa shape index (κ3) is 3.97. The van der Waals surface area contributed by atoms with Crippen molar-refractivity contribution in [3.05, 3.63) is 84.7 Å². The van der Waals surface area contributed by atoms with Gasteiger partial charge >= 0.3 is 0 Å². The number of anilines is 1. The summed E-state index contributed by atoms with van der Waals surface area (Å²) in [4.78, 5) is 28.8. The van der Waals surface area contributed by atoms with Crippen molar-refractivity contribution in [2.24, 2.45) is 0 Å². The second-order valence-corrected chi connectivity index (χ2v) is 7.28. The Morgan fingerprint density at radius 1 is 0.970 bits per heavy atom. The summed E-state index contributed by atoms with van der Waals surface area (Å²) in [5, 5.41) is 13.3. The van der Waals surface area contributed by atoms with Gasteiger partial charge < -0.3 is 20.1 Å². The standard InChI is InChI=1S/C25H19N5O3/c1-33-25-17(5-4-12-27-25)15-8-10-21(31)18(13-15)23-28-19-9-7-16(14-20(19)29-23)24(32)30-22-6-2-3-11-26-22/h2-14,31H,1H3,(H,28,29)(H,26,30,32). The zero-order valence-corrected chi connectivity index (χ0v) is 17.6. The maximum Gasteiger partial charge on any atom is 0.256 e. The molecule has 0 atom stereocenters. The Kier molecular flexibility index (Phi) is 5.16. The van der Waals surface area contributed by atoms with E-state index in [1.807, 2.05) is 18.2 Å². The third-order valence-electron chi connectivity index (χ3n) is 5.18. The average Bonchev–Trinajstić information content (AvgIpc) is 3.28. The number of carbonyl (C=O) groups excluding carboxylic acids is 1. The fourth-order valence-corrected chi connectivity index (χ4v) is 3.57. The van der Waals surface area contributed by atoms with Gasteiger partial charge in [0.25, 0.3) is 5.91 Å². The number of H-pyrrole nitrogens is 1. The third-order valence-corrected chi connectivity index (χ3v) is 5.18. The molecular weight excluding hydrogens is 418 g/mol. The maximum absolute atomic E-state index is 12.6. The van der Waals surface area contributed by atoms with Crippen LogP contribution in [0.1, 0.15) is 10.4 Å². The van der Waals surface area contributed by atoms with Crippen LogP contribution in [-0.4, -0.2) is 38.1 Å². The summed E-state index contributed by atoms with van der Waals surface area (Å²) in [7, 11) is 1.56. The lowest BCUT2D eigenvalue weighted by Gasteiger charge is -2.09. The van der Waals surface area contributed by atoms with Gasteiger partial charge in [0, 0.05) is 23.5 Å². The highest BCUT2D eigenvalue weighted by atomic mass is 16.5. The molecule has 2 aromatic carbocycles. The largest absolute Gasteiger partial charge is 0.507 e. The van der Waals surface area contributed by atoms with Crippen LogP contribution in [-0.2, 0) is 0 Å². The molecule has 8 nitrogen and oxygen atoms in total. The van der Waals surface area contributed by atoms with E-state index in [1.54, 1.807) is 68.0 Å². The van der Waals surface area contributed by atoms with Crippen LogP contribution in [0.15, 0.2) is 79.1 Å². The Hall–Kier alpha value is -4.72. The van der Waals surface area contributed by atoms with Crippen molar-refractivity contribution in [1.29, 1.82) is 0 Å². The van der Waals surface area contributed by atoms with E-state index in [-0.39, 0.29) is 11.7 Å². The summed E-state index contributed by atoms with van der Waals surface area (Å²) in [6.45, 7) is 0. The lowest BCUT2D eigenvalue weighted by Crippen LogP contribution is -2.12. The van der Waals surface area contributed by atoms with Gasteiger partial charge in [-0.25, -0.2) is 15.0 Å². The molecule has 3 aromatic heterocycles. The summed E-state index contributed by atoms with van der Waals surface area (Å²) in [5.41, 5.74) is 3.94. The molecule has 0 radical (unpaired) electrons. The van der Waals surface area contributed by atoms with Gasteiger partial charge in [0.1, 0.15) is 17.4 Å². The van der Waals surface area contributed by atoms with E-state index < -0.39 is 0 Å². The average molecular weight is 437 g/mol. The van der Waals surface area contributed by atoms with Crippen molar-refractivity contribution in [3.8, 4) is 34.1 Å². The molecule has 5 rings (SSSR count). The van der Waals surface area contributed by atoms with Crippen LogP contribution in [0.5, 0.6) is 11.6 Å². The Bertz CT molecular complexity index is 1460. The van der Waals surface area contributed by atoms with Crippen molar-refractivity contribution in [2.45, 2.75) is 0 Å². The van der Waals surface area contributed by atoms with Gasteiger partial charge in [0.2, 0.25) is 5.88 Å². The topological polar surface area (TPSA) is 113 Å². The molecule has 0 saturated heterocycles. The van der Waals surface area contributed by atoms with E-state index in [2.05, 4.69) is 25.3 Å². The number of rotatable bonds is 5. The molecule has 0 aliphatic carbocycles. The second-order valence-electron chi connectivity index (χ2n) is 7.28. The number of pyridine rings is 2. The highest BCUT2D eigenvalue weighted by Crippen LogP contribution is 2.35. The molecule has 0 saturated carbocycles. The van der Waals surface area contributed by atoms with Crippen molar-refractivity contribution in [3.63, 3.8) is 0 Å². The molecule has 33 heavy (non-hydrogen) atoms. The number of nitrogens with zero attached hydrogens (tertiary/aromatic N) is 3. The second kappa shape index (κ2) is 8.43. The van der Waals surface area contributed by atoms with Crippen LogP contribution < -0.4 is 10.1 Å². The maximum atomic E-state index is 12.6. The minimum atomic E-state index is -0.278. The molecule has 0 bridgehead atoms. The van der Waals surface area contributed by atoms with Crippen molar-refractivity contribution in [1.82, 2.24) is 19.9 Å². The first-order valence-electron chi connectivity index (χ1n) is 10.2. The first kappa shape index (κ1) is 20.2. The number of phenols is 1. The van der Waals surface area contributed by atoms with Crippen LogP contribution in [0, 0.1) is 0 Å². The molecule has 162 valence electrons. The first-order valence-corrected chi connectivity index (χ1v) is 10.2. The monoisotopic (exact) mass is 437 g/mol. The van der Waals surface area contributed by atoms with Crippen LogP contribution in [0.25, 0.3) is 33.5 Å². The van der Waals surface area contributed by atoms with Gasteiger partial charge in [-0.05, 0) is 60.2 Å². The number of nitrogens with one attached hydrogen (secondary N) is 2. The summed E-state index contributed by atoms with van der Waals surface area (Å²) < 4.78 is 5.36. The molecule has 0 aliphatic rings. The summed E-state index contributed by atoms with van der Waals surface area (Å²) in [6.07, 6.45) is 3.27. The zero-order valence-electron chi connectivity index (χ0n) is 17.6. The van der Waals surface area contributed by atoms with Gasteiger partial charge in [-0.2, -0.15) is 0 Å². The number of carbonyl (C=O) groups is 1. The molecule has 8 heteroatoms. The lowest BCUT2D eigenvalue weighted by atomic mass is 10.0. The van der Waals surface area contributed by atoms with E-state index in [0.717, 1.165) is 11.1 Å². The highest BCUT2D eigenvalue weighted by molar-refractivity contribution is 6.05. The Morgan fingerprint density at radius 3 is 2.67 bits per heavy atom. The zero-order chi connectivity index (χ0) is 22.8. The fraction of sp³-hybridized carbons (Fsp3) is 0.0400. The molecule has 0 fully saturated rings. The van der Waals surface area contributed by atoms with Crippen molar-refractivity contribution >= 4 is 22.8 Å². The van der Waals surface area contributed by atoms with Crippen LogP contribution in [0.4, 0.5) is 5.82 Å². The van der Waals surface area contributed by atoms with E-state index >= 15 is 0 Å². The van der Waals surface area contributed by atoms with Gasteiger partial charge in [0.15, 0.2) is 0 Å². The number of hydrogen-bond acceptors (Lipinski definition) is 6. The van der Waals surface area contributed by atoms with E-state index in [0.29, 0.717) is 39.7 Å². The molecular formula is C25H19N5O3. The quantitative estimate of drug-likeness (QED) is 0.369. The molecule has 5 aromatic rings. The van der Waals surface area contributed by atoms with Gasteiger partial charge in [-0.3, -0.25) is 4.79 Å². The Morgan fingerprint density at radius 2 is 1.85 bits per heavy atom. The number of benzene rings is 2. The molecule has 1 amide bonds. The predicted molar refractivity (Wildman–Crippen MR) is 125 cm³/mol. The number of aromatic hydroxyl groups is 1. The Labute approximate surface area is 189 Å². The van der Waals surface area contributed by atoms with Gasteiger partial charge in [-0.1, -0.05) is 12.1 Å².